The highest BCUT2D eigenvalue weighted by atomic mass is 31.0. The lowest BCUT2D eigenvalue weighted by Crippen LogP contribution is -2.08. The minimum Gasteiger partial charge on any atom is -0.153 e. The normalized spacial score (nSPS) is 20.8. The Bertz CT molecular complexity index is 91.0. The summed E-state index contributed by atoms with van der Waals surface area (Å²) in [7, 11) is 0. The Balaban J connectivity index is 0. The second-order valence-corrected chi connectivity index (χ2v) is 4.62. The number of hydrogen-bond acceptors (Lipinski definition) is 0. The molecule has 1 spiro atoms. The molecule has 2 saturated carbocycles. The van der Waals surface area contributed by atoms with Gasteiger partial charge in [-0.1, -0.05) is 59.8 Å². The highest BCUT2D eigenvalue weighted by Crippen LogP contribution is 2.50. The van der Waals surface area contributed by atoms with Crippen molar-refractivity contribution in [2.45, 2.75) is 85.5 Å². The lowest BCUT2D eigenvalue weighted by atomic mass is 9.85. The summed E-state index contributed by atoms with van der Waals surface area (Å²) < 4.78 is 0. The summed E-state index contributed by atoms with van der Waals surface area (Å²) in [5.74, 6) is 0. The van der Waals surface area contributed by atoms with Crippen molar-refractivity contribution < 1.29 is 0 Å². The molecule has 2 aliphatic rings. The van der Waals surface area contributed by atoms with E-state index in [-0.39, 0.29) is 9.90 Å². The monoisotopic (exact) mass is 232 g/mol. The van der Waals surface area contributed by atoms with Gasteiger partial charge in [-0.25, -0.2) is 0 Å². The molecular weight excluding hydrogens is 199 g/mol. The summed E-state index contributed by atoms with van der Waals surface area (Å²) >= 11 is 0. The lowest BCUT2D eigenvalue weighted by Gasteiger charge is -2.20. The van der Waals surface area contributed by atoms with Crippen LogP contribution < -0.4 is 0 Å². The van der Waals surface area contributed by atoms with Gasteiger partial charge in [-0.15, -0.1) is 0 Å². The fourth-order valence-electron chi connectivity index (χ4n) is 2.75. The van der Waals surface area contributed by atoms with E-state index in [0.717, 1.165) is 5.41 Å². The zero-order valence-electron chi connectivity index (χ0n) is 11.6. The molecule has 0 nitrogen and oxygen atoms in total. The molecule has 2 rings (SSSR count). The summed E-state index contributed by atoms with van der Waals surface area (Å²) in [5.41, 5.74) is 0.889. The highest BCUT2D eigenvalue weighted by molar-refractivity contribution is 6.92. The van der Waals surface area contributed by atoms with Crippen LogP contribution in [0.15, 0.2) is 0 Å². The van der Waals surface area contributed by atoms with Crippen LogP contribution in [-0.4, -0.2) is 0 Å². The molecule has 0 bridgehead atoms. The van der Waals surface area contributed by atoms with Crippen LogP contribution in [0.1, 0.15) is 85.5 Å². The van der Waals surface area contributed by atoms with Gasteiger partial charge in [0.2, 0.25) is 0 Å². The first-order chi connectivity index (χ1) is 6.83. The Morgan fingerprint density at radius 2 is 0.933 bits per heavy atom. The van der Waals surface area contributed by atoms with Crippen LogP contribution >= 0.6 is 9.90 Å². The average molecular weight is 232 g/mol. The van der Waals surface area contributed by atoms with Crippen LogP contribution in [0.25, 0.3) is 0 Å². The third-order valence-electron chi connectivity index (χ3n) is 3.33. The van der Waals surface area contributed by atoms with Crippen LogP contribution in [0.3, 0.4) is 0 Å². The van der Waals surface area contributed by atoms with Crippen LogP contribution in [-0.2, 0) is 0 Å². The van der Waals surface area contributed by atoms with Gasteiger partial charge >= 0.3 is 0 Å². The molecule has 1 atom stereocenters. The van der Waals surface area contributed by atoms with Crippen molar-refractivity contribution >= 4 is 9.90 Å². The van der Waals surface area contributed by atoms with Gasteiger partial charge in [0.05, 0.1) is 0 Å². The van der Waals surface area contributed by atoms with E-state index in [4.69, 9.17) is 0 Å². The molecule has 0 aromatic rings. The molecule has 0 radical (unpaired) electrons. The molecule has 0 aromatic heterocycles. The highest BCUT2D eigenvalue weighted by Gasteiger charge is 2.35. The summed E-state index contributed by atoms with van der Waals surface area (Å²) in [6.07, 6.45) is 13.6. The van der Waals surface area contributed by atoms with Crippen LogP contribution in [0.2, 0.25) is 0 Å². The van der Waals surface area contributed by atoms with Crippen molar-refractivity contribution in [2.24, 2.45) is 5.41 Å². The first kappa shape index (κ1) is 17.8. The van der Waals surface area contributed by atoms with Crippen molar-refractivity contribution in [3.63, 3.8) is 0 Å². The zero-order chi connectivity index (χ0) is 10.9. The van der Waals surface area contributed by atoms with Gasteiger partial charge in [-0.2, -0.15) is 9.90 Å². The predicted molar refractivity (Wildman–Crippen MR) is 77.8 cm³/mol. The van der Waals surface area contributed by atoms with Gasteiger partial charge < -0.3 is 0 Å². The molecule has 0 aliphatic heterocycles. The lowest BCUT2D eigenvalue weighted by molar-refractivity contribution is 0.309. The quantitative estimate of drug-likeness (QED) is 0.475. The van der Waals surface area contributed by atoms with E-state index in [9.17, 15) is 0 Å². The van der Waals surface area contributed by atoms with Crippen molar-refractivity contribution in [1.82, 2.24) is 0 Å². The van der Waals surface area contributed by atoms with Crippen LogP contribution in [0.5, 0.6) is 0 Å². The minimum atomic E-state index is 0. The molecule has 2 aliphatic carbocycles. The fourth-order valence-corrected chi connectivity index (χ4v) is 2.75. The van der Waals surface area contributed by atoms with Gasteiger partial charge in [0.25, 0.3) is 0 Å². The summed E-state index contributed by atoms with van der Waals surface area (Å²) in [6, 6.07) is 0. The SMILES string of the molecule is C1CCC2(C1)CCCC2.CC.CCC.P. The molecule has 1 unspecified atom stereocenters. The van der Waals surface area contributed by atoms with E-state index in [1.807, 2.05) is 13.8 Å². The third-order valence-corrected chi connectivity index (χ3v) is 3.33. The molecular formula is C14H33P. The average Bonchev–Trinajstić information content (AvgIpc) is 2.85. The first-order valence-corrected chi connectivity index (χ1v) is 6.83. The number of hydrogen-bond donors (Lipinski definition) is 0. The zero-order valence-corrected chi connectivity index (χ0v) is 13.0. The molecule has 1 heteroatoms. The van der Waals surface area contributed by atoms with Crippen molar-refractivity contribution in [1.29, 1.82) is 0 Å². The first-order valence-electron chi connectivity index (χ1n) is 6.83. The second kappa shape index (κ2) is 10.9. The van der Waals surface area contributed by atoms with E-state index < -0.39 is 0 Å². The van der Waals surface area contributed by atoms with Crippen molar-refractivity contribution in [3.05, 3.63) is 0 Å². The van der Waals surface area contributed by atoms with Gasteiger partial charge in [0.15, 0.2) is 0 Å². The number of rotatable bonds is 0. The molecule has 0 saturated heterocycles. The van der Waals surface area contributed by atoms with E-state index in [1.165, 1.54) is 32.1 Å². The Labute approximate surface area is 101 Å². The van der Waals surface area contributed by atoms with Crippen molar-refractivity contribution in [2.75, 3.05) is 0 Å². The minimum absolute atomic E-state index is 0. The summed E-state index contributed by atoms with van der Waals surface area (Å²) in [4.78, 5) is 0. The van der Waals surface area contributed by atoms with Crippen LogP contribution in [0.4, 0.5) is 0 Å². The maximum Gasteiger partial charge on any atom is -0.0297 e. The molecule has 94 valence electrons. The molecule has 0 amide bonds. The molecule has 0 N–H and O–H groups in total. The van der Waals surface area contributed by atoms with E-state index in [2.05, 4.69) is 13.8 Å². The molecule has 2 fully saturated rings. The Kier molecular flexibility index (Phi) is 13.0. The standard InChI is InChI=1S/C9H16.C3H8.C2H6.H3P/c1-2-6-9(5-1)7-3-4-8-9;1-3-2;1-2;/h1-8H2;3H2,1-2H3;1-2H3;1H3. The van der Waals surface area contributed by atoms with Crippen molar-refractivity contribution in [3.8, 4) is 0 Å². The Morgan fingerprint density at radius 3 is 1.13 bits per heavy atom. The van der Waals surface area contributed by atoms with Gasteiger partial charge in [-0.3, -0.25) is 0 Å². The maximum absolute atomic E-state index is 2.12. The fraction of sp³-hybridized carbons (Fsp3) is 1.00. The van der Waals surface area contributed by atoms with Gasteiger partial charge in [-0.05, 0) is 31.1 Å². The van der Waals surface area contributed by atoms with E-state index >= 15 is 0 Å². The summed E-state index contributed by atoms with van der Waals surface area (Å²) in [5, 5.41) is 0. The largest absolute Gasteiger partial charge is 0.153 e. The Hall–Kier alpha value is 0.430. The smallest absolute Gasteiger partial charge is 0.0297 e. The Morgan fingerprint density at radius 1 is 0.733 bits per heavy atom. The summed E-state index contributed by atoms with van der Waals surface area (Å²) in [6.45, 7) is 8.25. The van der Waals surface area contributed by atoms with E-state index in [0.29, 0.717) is 0 Å². The topological polar surface area (TPSA) is 0 Å². The second-order valence-electron chi connectivity index (χ2n) is 4.62. The molecule has 15 heavy (non-hydrogen) atoms. The maximum atomic E-state index is 2.12. The van der Waals surface area contributed by atoms with Gasteiger partial charge in [0.1, 0.15) is 0 Å². The third kappa shape index (κ3) is 6.56. The van der Waals surface area contributed by atoms with Crippen LogP contribution in [0, 0.1) is 5.41 Å². The molecule has 0 heterocycles. The van der Waals surface area contributed by atoms with E-state index in [1.54, 1.807) is 25.7 Å². The predicted octanol–water partition coefficient (Wildman–Crippen LogP) is 5.62. The van der Waals surface area contributed by atoms with Gasteiger partial charge in [0, 0.05) is 0 Å². The molecule has 0 aromatic carbocycles.